The van der Waals surface area contributed by atoms with Crippen LogP contribution in [0.1, 0.15) is 12.5 Å². The summed E-state index contributed by atoms with van der Waals surface area (Å²) in [5.41, 5.74) is 0.791. The van der Waals surface area contributed by atoms with Crippen LogP contribution in [0.25, 0.3) is 0 Å². The van der Waals surface area contributed by atoms with Gasteiger partial charge in [0.25, 0.3) is 5.69 Å². The molecular weight excluding hydrogens is 236 g/mol. The normalized spacial score (nSPS) is 12.5. The lowest BCUT2D eigenvalue weighted by atomic mass is 10.1. The molecule has 0 radical (unpaired) electrons. The minimum absolute atomic E-state index is 0.00907. The minimum atomic E-state index is -0.444. The van der Waals surface area contributed by atoms with Crippen molar-refractivity contribution in [3.63, 3.8) is 0 Å². The van der Waals surface area contributed by atoms with Gasteiger partial charge >= 0.3 is 0 Å². The number of hydrogen-bond donors (Lipinski definition) is 1. The maximum Gasteiger partial charge on any atom is 0.273 e. The van der Waals surface area contributed by atoms with Gasteiger partial charge in [-0.1, -0.05) is 0 Å². The molecule has 0 aliphatic carbocycles. The van der Waals surface area contributed by atoms with E-state index in [4.69, 9.17) is 4.74 Å². The van der Waals surface area contributed by atoms with E-state index in [2.05, 4.69) is 0 Å². The lowest BCUT2D eigenvalue weighted by Crippen LogP contribution is -2.26. The number of hydrogen-bond acceptors (Lipinski definition) is 5. The Bertz CT molecular complexity index is 421. The first-order valence-electron chi connectivity index (χ1n) is 5.61. The number of ether oxygens (including phenoxy) is 1. The maximum atomic E-state index is 10.8. The van der Waals surface area contributed by atoms with E-state index in [0.717, 1.165) is 5.56 Å². The van der Waals surface area contributed by atoms with Crippen molar-refractivity contribution in [3.8, 4) is 5.75 Å². The molecule has 1 N–H and O–H groups in total. The predicted molar refractivity (Wildman–Crippen MR) is 67.7 cm³/mol. The number of nitro benzene ring substituents is 1. The summed E-state index contributed by atoms with van der Waals surface area (Å²) in [6.45, 7) is 2.72. The highest BCUT2D eigenvalue weighted by molar-refractivity contribution is 5.42. The molecule has 0 amide bonds. The highest BCUT2D eigenvalue weighted by Gasteiger charge is 2.12. The molecule has 1 rings (SSSR count). The van der Waals surface area contributed by atoms with Crippen molar-refractivity contribution in [1.29, 1.82) is 0 Å². The lowest BCUT2D eigenvalue weighted by Gasteiger charge is -2.18. The summed E-state index contributed by atoms with van der Waals surface area (Å²) in [6, 6.07) is 4.66. The Labute approximate surface area is 106 Å². The van der Waals surface area contributed by atoms with Gasteiger partial charge in [0.2, 0.25) is 0 Å². The van der Waals surface area contributed by atoms with Crippen molar-refractivity contribution in [2.75, 3.05) is 20.7 Å². The van der Waals surface area contributed by atoms with Crippen LogP contribution in [0, 0.1) is 10.1 Å². The second kappa shape index (κ2) is 6.32. The Kier molecular flexibility index (Phi) is 5.06. The average Bonchev–Trinajstić information content (AvgIpc) is 2.27. The van der Waals surface area contributed by atoms with Crippen molar-refractivity contribution in [3.05, 3.63) is 33.9 Å². The summed E-state index contributed by atoms with van der Waals surface area (Å²) in [4.78, 5) is 12.2. The molecule has 6 nitrogen and oxygen atoms in total. The maximum absolute atomic E-state index is 10.8. The second-order valence-electron chi connectivity index (χ2n) is 4.34. The monoisotopic (exact) mass is 254 g/mol. The van der Waals surface area contributed by atoms with E-state index in [1.165, 1.54) is 19.2 Å². The van der Waals surface area contributed by atoms with Gasteiger partial charge in [0.15, 0.2) is 0 Å². The Hall–Kier alpha value is -1.66. The van der Waals surface area contributed by atoms with E-state index in [0.29, 0.717) is 18.8 Å². The van der Waals surface area contributed by atoms with Crippen LogP contribution >= 0.6 is 0 Å². The van der Waals surface area contributed by atoms with Gasteiger partial charge in [0.1, 0.15) is 5.75 Å². The molecule has 0 aliphatic rings. The second-order valence-corrected chi connectivity index (χ2v) is 4.34. The zero-order valence-electron chi connectivity index (χ0n) is 10.8. The Morgan fingerprint density at radius 3 is 2.67 bits per heavy atom. The van der Waals surface area contributed by atoms with Crippen LogP contribution in [0.3, 0.4) is 0 Å². The molecule has 100 valence electrons. The fourth-order valence-corrected chi connectivity index (χ4v) is 1.79. The molecule has 0 bridgehead atoms. The first kappa shape index (κ1) is 14.4. The number of nitrogens with zero attached hydrogens (tertiary/aromatic N) is 2. The number of methoxy groups -OCH3 is 1. The van der Waals surface area contributed by atoms with Gasteiger partial charge in [-0.2, -0.15) is 0 Å². The zero-order chi connectivity index (χ0) is 13.7. The molecule has 0 fully saturated rings. The summed E-state index contributed by atoms with van der Waals surface area (Å²) in [6.07, 6.45) is -0.435. The van der Waals surface area contributed by atoms with Crippen molar-refractivity contribution in [2.45, 2.75) is 19.6 Å². The van der Waals surface area contributed by atoms with Crippen LogP contribution in [0.4, 0.5) is 5.69 Å². The zero-order valence-corrected chi connectivity index (χ0v) is 10.8. The van der Waals surface area contributed by atoms with Gasteiger partial charge in [-0.15, -0.1) is 0 Å². The molecule has 1 unspecified atom stereocenters. The molecule has 1 atom stereocenters. The molecule has 1 aromatic carbocycles. The molecule has 0 aromatic heterocycles. The molecule has 18 heavy (non-hydrogen) atoms. The number of aliphatic hydroxyl groups is 1. The van der Waals surface area contributed by atoms with Gasteiger partial charge < -0.3 is 9.84 Å². The van der Waals surface area contributed by atoms with Crippen molar-refractivity contribution < 1.29 is 14.8 Å². The fraction of sp³-hybridized carbons (Fsp3) is 0.500. The lowest BCUT2D eigenvalue weighted by molar-refractivity contribution is -0.385. The quantitative estimate of drug-likeness (QED) is 0.613. The number of nitro groups is 1. The fourth-order valence-electron chi connectivity index (χ4n) is 1.79. The summed E-state index contributed by atoms with van der Waals surface area (Å²) in [5.74, 6) is 0.463. The van der Waals surface area contributed by atoms with E-state index in [9.17, 15) is 15.2 Å². The van der Waals surface area contributed by atoms with E-state index < -0.39 is 11.0 Å². The molecule has 0 spiro atoms. The van der Waals surface area contributed by atoms with E-state index >= 15 is 0 Å². The van der Waals surface area contributed by atoms with Crippen LogP contribution in [0.2, 0.25) is 0 Å². The summed E-state index contributed by atoms with van der Waals surface area (Å²) >= 11 is 0. The summed E-state index contributed by atoms with van der Waals surface area (Å²) in [7, 11) is 3.32. The van der Waals surface area contributed by atoms with Gasteiger partial charge in [-0.3, -0.25) is 15.0 Å². The highest BCUT2D eigenvalue weighted by atomic mass is 16.6. The standard InChI is InChI=1S/C12H18N2O4/c1-9(15)7-13(2)8-10-4-11(14(16)17)6-12(5-10)18-3/h4-6,9,15H,7-8H2,1-3H3. The van der Waals surface area contributed by atoms with Crippen molar-refractivity contribution in [1.82, 2.24) is 4.90 Å². The highest BCUT2D eigenvalue weighted by Crippen LogP contribution is 2.23. The third-order valence-electron chi connectivity index (χ3n) is 2.43. The molecule has 6 heteroatoms. The topological polar surface area (TPSA) is 75.8 Å². The van der Waals surface area contributed by atoms with Gasteiger partial charge in [-0.05, 0) is 25.6 Å². The first-order valence-corrected chi connectivity index (χ1v) is 5.61. The molecule has 0 heterocycles. The van der Waals surface area contributed by atoms with Crippen molar-refractivity contribution >= 4 is 5.69 Å². The number of non-ortho nitro benzene ring substituents is 1. The molecule has 0 aliphatic heterocycles. The largest absolute Gasteiger partial charge is 0.496 e. The summed E-state index contributed by atoms with van der Waals surface area (Å²) < 4.78 is 5.04. The Morgan fingerprint density at radius 2 is 2.17 bits per heavy atom. The van der Waals surface area contributed by atoms with Gasteiger partial charge in [0, 0.05) is 19.2 Å². The van der Waals surface area contributed by atoms with E-state index in [1.807, 2.05) is 11.9 Å². The Balaban J connectivity index is 2.87. The van der Waals surface area contributed by atoms with Gasteiger partial charge in [0.05, 0.1) is 24.2 Å². The Morgan fingerprint density at radius 1 is 1.50 bits per heavy atom. The van der Waals surface area contributed by atoms with Crippen LogP contribution < -0.4 is 4.74 Å². The van der Waals surface area contributed by atoms with Crippen molar-refractivity contribution in [2.24, 2.45) is 0 Å². The third kappa shape index (κ3) is 4.31. The number of likely N-dealkylation sites (N-methyl/N-ethyl adjacent to an activating group) is 1. The molecule has 0 saturated carbocycles. The van der Waals surface area contributed by atoms with E-state index in [-0.39, 0.29) is 5.69 Å². The molecular formula is C12H18N2O4. The number of aliphatic hydroxyl groups excluding tert-OH is 1. The SMILES string of the molecule is COc1cc(CN(C)CC(C)O)cc([N+](=O)[O-])c1. The van der Waals surface area contributed by atoms with Crippen LogP contribution in [-0.4, -0.2) is 41.7 Å². The van der Waals surface area contributed by atoms with Crippen LogP contribution in [0.15, 0.2) is 18.2 Å². The third-order valence-corrected chi connectivity index (χ3v) is 2.43. The summed E-state index contributed by atoms with van der Waals surface area (Å²) in [5, 5.41) is 20.1. The molecule has 1 aromatic rings. The van der Waals surface area contributed by atoms with Gasteiger partial charge in [-0.25, -0.2) is 0 Å². The average molecular weight is 254 g/mol. The first-order chi connectivity index (χ1) is 8.42. The minimum Gasteiger partial charge on any atom is -0.496 e. The number of benzene rings is 1. The number of rotatable bonds is 6. The van der Waals surface area contributed by atoms with Crippen LogP contribution in [-0.2, 0) is 6.54 Å². The predicted octanol–water partition coefficient (Wildman–Crippen LogP) is 1.42. The molecule has 0 saturated heterocycles. The van der Waals surface area contributed by atoms with Crippen LogP contribution in [0.5, 0.6) is 5.75 Å². The van der Waals surface area contributed by atoms with E-state index in [1.54, 1.807) is 13.0 Å². The smallest absolute Gasteiger partial charge is 0.273 e.